The lowest BCUT2D eigenvalue weighted by Gasteiger charge is -2.14. The molecule has 0 saturated carbocycles. The number of amides is 1. The summed E-state index contributed by atoms with van der Waals surface area (Å²) in [5.41, 5.74) is 0.453. The molecule has 7 nitrogen and oxygen atoms in total. The van der Waals surface area contributed by atoms with Gasteiger partial charge in [0.05, 0.1) is 22.0 Å². The fraction of sp³-hybridized carbons (Fsp3) is 0.462. The molecule has 0 unspecified atom stereocenters. The molecule has 12 heteroatoms. The van der Waals surface area contributed by atoms with Crippen LogP contribution >= 0.6 is 0 Å². The number of sulfone groups is 1. The number of carbonyl (C=O) groups excluding carboxylic acids is 1. The Kier molecular flexibility index (Phi) is 5.44. The predicted octanol–water partition coefficient (Wildman–Crippen LogP) is 0.840. The van der Waals surface area contributed by atoms with Gasteiger partial charge >= 0.3 is 6.18 Å². The van der Waals surface area contributed by atoms with Crippen LogP contribution in [0.5, 0.6) is 0 Å². The molecule has 0 aromatic heterocycles. The number of alkyl halides is 3. The Morgan fingerprint density at radius 2 is 1.88 bits per heavy atom. The summed E-state index contributed by atoms with van der Waals surface area (Å²) in [4.78, 5) is 12.3. The van der Waals surface area contributed by atoms with E-state index in [1.165, 1.54) is 0 Å². The van der Waals surface area contributed by atoms with Crippen LogP contribution in [0.4, 0.5) is 13.2 Å². The summed E-state index contributed by atoms with van der Waals surface area (Å²) in [5.74, 6) is -1.49. The molecule has 1 amide bonds. The maximum absolute atomic E-state index is 12.9. The second kappa shape index (κ2) is 6.92. The predicted molar refractivity (Wildman–Crippen MR) is 81.3 cm³/mol. The smallest absolute Gasteiger partial charge is 0.278 e. The quantitative estimate of drug-likeness (QED) is 0.712. The third kappa shape index (κ3) is 5.16. The molecular formula is C13H15F3N2O5S2. The Morgan fingerprint density at radius 1 is 1.24 bits per heavy atom. The molecule has 2 rings (SSSR count). The van der Waals surface area contributed by atoms with Crippen molar-refractivity contribution in [2.24, 2.45) is 5.92 Å². The van der Waals surface area contributed by atoms with E-state index >= 15 is 0 Å². The molecule has 1 fully saturated rings. The molecular weight excluding hydrogens is 385 g/mol. The van der Waals surface area contributed by atoms with E-state index in [9.17, 15) is 34.8 Å². The van der Waals surface area contributed by atoms with Crippen molar-refractivity contribution in [1.29, 1.82) is 0 Å². The van der Waals surface area contributed by atoms with Crippen LogP contribution in [0.1, 0.15) is 18.4 Å². The van der Waals surface area contributed by atoms with Crippen molar-refractivity contribution < 1.29 is 34.8 Å². The highest BCUT2D eigenvalue weighted by molar-refractivity contribution is 7.91. The maximum atomic E-state index is 12.9. The molecule has 0 spiro atoms. The maximum Gasteiger partial charge on any atom is 0.417 e. The van der Waals surface area contributed by atoms with Gasteiger partial charge < -0.3 is 0 Å². The summed E-state index contributed by atoms with van der Waals surface area (Å²) in [6.45, 7) is 0. The minimum atomic E-state index is -4.88. The Labute approximate surface area is 142 Å². The van der Waals surface area contributed by atoms with Crippen molar-refractivity contribution in [3.05, 3.63) is 29.8 Å². The van der Waals surface area contributed by atoms with Gasteiger partial charge in [-0.15, -0.1) is 4.83 Å². The molecule has 1 aromatic rings. The van der Waals surface area contributed by atoms with E-state index in [4.69, 9.17) is 0 Å². The van der Waals surface area contributed by atoms with Gasteiger partial charge in [0.2, 0.25) is 5.91 Å². The molecule has 1 heterocycles. The first kappa shape index (κ1) is 19.7. The molecule has 1 aromatic carbocycles. The first-order chi connectivity index (χ1) is 11.4. The fourth-order valence-corrected chi connectivity index (χ4v) is 5.41. The average molecular weight is 400 g/mol. The molecule has 1 aliphatic heterocycles. The minimum Gasteiger partial charge on any atom is -0.278 e. The molecule has 25 heavy (non-hydrogen) atoms. The first-order valence-corrected chi connectivity index (χ1v) is 10.4. The van der Waals surface area contributed by atoms with Crippen molar-refractivity contribution in [3.8, 4) is 0 Å². The summed E-state index contributed by atoms with van der Waals surface area (Å²) in [5, 5.41) is 0. The van der Waals surface area contributed by atoms with Crippen LogP contribution in [0.2, 0.25) is 0 Å². The highest BCUT2D eigenvalue weighted by atomic mass is 32.2. The largest absolute Gasteiger partial charge is 0.417 e. The average Bonchev–Trinajstić information content (AvgIpc) is 2.83. The molecule has 1 aliphatic rings. The number of rotatable bonds is 5. The van der Waals surface area contributed by atoms with Gasteiger partial charge in [-0.05, 0) is 24.5 Å². The number of sulfonamides is 1. The van der Waals surface area contributed by atoms with E-state index in [2.05, 4.69) is 0 Å². The molecule has 0 aliphatic carbocycles. The number of hydrogen-bond acceptors (Lipinski definition) is 5. The number of halogens is 3. The molecule has 0 bridgehead atoms. The van der Waals surface area contributed by atoms with Crippen molar-refractivity contribution >= 4 is 25.8 Å². The van der Waals surface area contributed by atoms with E-state index in [0.717, 1.165) is 18.2 Å². The monoisotopic (exact) mass is 400 g/mol. The zero-order valence-electron chi connectivity index (χ0n) is 12.7. The molecule has 1 atom stereocenters. The highest BCUT2D eigenvalue weighted by Gasteiger charge is 2.37. The SMILES string of the molecule is O=C(C[C@H]1CCS(=O)(=O)C1)NNS(=O)(=O)c1ccccc1C(F)(F)F. The van der Waals surface area contributed by atoms with Crippen molar-refractivity contribution in [1.82, 2.24) is 10.3 Å². The van der Waals surface area contributed by atoms with Gasteiger partial charge in [-0.2, -0.15) is 13.2 Å². The van der Waals surface area contributed by atoms with Gasteiger partial charge in [0.1, 0.15) is 0 Å². The van der Waals surface area contributed by atoms with Crippen molar-refractivity contribution in [3.63, 3.8) is 0 Å². The van der Waals surface area contributed by atoms with Crippen LogP contribution in [0, 0.1) is 5.92 Å². The molecule has 1 saturated heterocycles. The molecule has 140 valence electrons. The Morgan fingerprint density at radius 3 is 2.44 bits per heavy atom. The van der Waals surface area contributed by atoms with E-state index in [-0.39, 0.29) is 24.3 Å². The van der Waals surface area contributed by atoms with Crippen LogP contribution in [-0.2, 0) is 30.8 Å². The van der Waals surface area contributed by atoms with E-state index < -0.39 is 48.3 Å². The first-order valence-electron chi connectivity index (χ1n) is 7.08. The summed E-state index contributed by atoms with van der Waals surface area (Å²) in [7, 11) is -7.84. The number of hydrazine groups is 1. The van der Waals surface area contributed by atoms with Crippen LogP contribution in [0.3, 0.4) is 0 Å². The van der Waals surface area contributed by atoms with Gasteiger partial charge in [-0.1, -0.05) is 12.1 Å². The van der Waals surface area contributed by atoms with Gasteiger partial charge in [0.15, 0.2) is 9.84 Å². The number of carbonyl (C=O) groups is 1. The van der Waals surface area contributed by atoms with Crippen molar-refractivity contribution in [2.45, 2.75) is 23.9 Å². The van der Waals surface area contributed by atoms with E-state index in [1.807, 2.05) is 5.43 Å². The van der Waals surface area contributed by atoms with Gasteiger partial charge in [0, 0.05) is 6.42 Å². The van der Waals surface area contributed by atoms with Crippen LogP contribution in [0.15, 0.2) is 29.2 Å². The summed E-state index contributed by atoms with van der Waals surface area (Å²) in [6.07, 6.45) is -4.85. The Balaban J connectivity index is 2.04. The lowest BCUT2D eigenvalue weighted by molar-refractivity contribution is -0.139. The normalized spacial score (nSPS) is 20.4. The highest BCUT2D eigenvalue weighted by Crippen LogP contribution is 2.33. The number of hydrogen-bond donors (Lipinski definition) is 2. The lowest BCUT2D eigenvalue weighted by Crippen LogP contribution is -2.42. The van der Waals surface area contributed by atoms with Crippen LogP contribution < -0.4 is 10.3 Å². The Bertz CT molecular complexity index is 866. The van der Waals surface area contributed by atoms with Gasteiger partial charge in [-0.3, -0.25) is 10.2 Å². The summed E-state index contributed by atoms with van der Waals surface area (Å²) >= 11 is 0. The van der Waals surface area contributed by atoms with Crippen LogP contribution in [0.25, 0.3) is 0 Å². The van der Waals surface area contributed by atoms with E-state index in [1.54, 1.807) is 4.83 Å². The van der Waals surface area contributed by atoms with Gasteiger partial charge in [-0.25, -0.2) is 16.8 Å². The molecule has 2 N–H and O–H groups in total. The third-order valence-corrected chi connectivity index (χ3v) is 6.75. The summed E-state index contributed by atoms with van der Waals surface area (Å²) < 4.78 is 85.3. The van der Waals surface area contributed by atoms with Gasteiger partial charge in [0.25, 0.3) is 10.0 Å². The third-order valence-electron chi connectivity index (χ3n) is 3.61. The minimum absolute atomic E-state index is 0.0460. The standard InChI is InChI=1S/C13H15F3N2O5S2/c14-13(15,16)10-3-1-2-4-11(10)25(22,23)18-17-12(19)7-9-5-6-24(20,21)8-9/h1-4,9,18H,5-8H2,(H,17,19)/t9-/m1/s1. The molecule has 0 radical (unpaired) electrons. The van der Waals surface area contributed by atoms with E-state index in [0.29, 0.717) is 6.07 Å². The second-order valence-electron chi connectivity index (χ2n) is 5.62. The fourth-order valence-electron chi connectivity index (χ4n) is 2.46. The Hall–Kier alpha value is -1.66. The second-order valence-corrected chi connectivity index (χ2v) is 9.50. The zero-order chi connectivity index (χ0) is 18.9. The lowest BCUT2D eigenvalue weighted by atomic mass is 10.1. The summed E-state index contributed by atoms with van der Waals surface area (Å²) in [6, 6.07) is 3.54. The zero-order valence-corrected chi connectivity index (χ0v) is 14.3. The van der Waals surface area contributed by atoms with Crippen LogP contribution in [-0.4, -0.2) is 34.2 Å². The topological polar surface area (TPSA) is 109 Å². The van der Waals surface area contributed by atoms with Crippen molar-refractivity contribution in [2.75, 3.05) is 11.5 Å². The number of benzene rings is 1. The number of nitrogens with one attached hydrogen (secondary N) is 2.